The molecule has 188 valence electrons. The number of carbonyl (C=O) groups excluding carboxylic acids is 3. The van der Waals surface area contributed by atoms with Crippen LogP contribution in [0.25, 0.3) is 0 Å². The van der Waals surface area contributed by atoms with Crippen molar-refractivity contribution in [3.05, 3.63) is 29.5 Å². The van der Waals surface area contributed by atoms with Crippen LogP contribution >= 0.6 is 11.3 Å². The first-order valence-corrected chi connectivity index (χ1v) is 11.5. The zero-order chi connectivity index (χ0) is 24.9. The molecule has 3 amide bonds. The standard InChI is InChI=1S/C20H21F3N6O5S/c21-14-9-12(28-10-13(34-20(28)32)2-4-16(30)17(22)23)1-3-15(14)27-5-6-29(33-8-7-27)19(31)25-18-26-24-11-35-18/h1,3,9,11,13,17H,2,4-8,10H2,(H,25,26,31)/t13-/m0/s1. The summed E-state index contributed by atoms with van der Waals surface area (Å²) in [4.78, 5) is 44.0. The Kier molecular flexibility index (Phi) is 7.65. The lowest BCUT2D eigenvalue weighted by Crippen LogP contribution is -2.37. The Morgan fingerprint density at radius 2 is 2.09 bits per heavy atom. The first kappa shape index (κ1) is 24.7. The van der Waals surface area contributed by atoms with Crippen LogP contribution in [-0.2, 0) is 14.4 Å². The van der Waals surface area contributed by atoms with Gasteiger partial charge in [0.05, 0.1) is 31.1 Å². The summed E-state index contributed by atoms with van der Waals surface area (Å²) in [6, 6.07) is 3.70. The Morgan fingerprint density at radius 1 is 1.26 bits per heavy atom. The van der Waals surface area contributed by atoms with Crippen LogP contribution in [0.5, 0.6) is 0 Å². The number of nitrogens with zero attached hydrogens (tertiary/aromatic N) is 5. The molecule has 0 bridgehead atoms. The summed E-state index contributed by atoms with van der Waals surface area (Å²) in [5.74, 6) is -1.81. The largest absolute Gasteiger partial charge is 0.444 e. The molecule has 2 aliphatic heterocycles. The van der Waals surface area contributed by atoms with Crippen molar-refractivity contribution in [3.63, 3.8) is 0 Å². The lowest BCUT2D eigenvalue weighted by Gasteiger charge is -2.23. The topological polar surface area (TPSA) is 117 Å². The lowest BCUT2D eigenvalue weighted by molar-refractivity contribution is -0.129. The number of alkyl halides is 2. The van der Waals surface area contributed by atoms with Crippen LogP contribution in [0.4, 0.5) is 39.3 Å². The van der Waals surface area contributed by atoms with Crippen LogP contribution in [0.1, 0.15) is 12.8 Å². The summed E-state index contributed by atoms with van der Waals surface area (Å²) < 4.78 is 44.9. The van der Waals surface area contributed by atoms with Gasteiger partial charge in [-0.15, -0.1) is 10.2 Å². The lowest BCUT2D eigenvalue weighted by atomic mass is 10.1. The third kappa shape index (κ3) is 5.97. The predicted octanol–water partition coefficient (Wildman–Crippen LogP) is 2.90. The Morgan fingerprint density at radius 3 is 2.80 bits per heavy atom. The molecule has 2 saturated heterocycles. The van der Waals surface area contributed by atoms with Crippen LogP contribution in [0.2, 0.25) is 0 Å². The maximum Gasteiger partial charge on any atom is 0.414 e. The maximum absolute atomic E-state index is 15.0. The summed E-state index contributed by atoms with van der Waals surface area (Å²) in [6.45, 7) is 0.895. The summed E-state index contributed by atoms with van der Waals surface area (Å²) >= 11 is 1.16. The van der Waals surface area contributed by atoms with Crippen molar-refractivity contribution in [2.75, 3.05) is 47.9 Å². The smallest absolute Gasteiger partial charge is 0.414 e. The quantitative estimate of drug-likeness (QED) is 0.600. The van der Waals surface area contributed by atoms with Gasteiger partial charge in [-0.05, 0) is 24.6 Å². The molecule has 4 rings (SSSR count). The molecule has 0 radical (unpaired) electrons. The van der Waals surface area contributed by atoms with E-state index in [0.717, 1.165) is 16.4 Å². The molecular weight excluding hydrogens is 493 g/mol. The molecule has 0 spiro atoms. The number of rotatable bonds is 7. The zero-order valence-corrected chi connectivity index (χ0v) is 19.0. The number of hydrogen-bond acceptors (Lipinski definition) is 9. The van der Waals surface area contributed by atoms with Gasteiger partial charge in [0.15, 0.2) is 5.78 Å². The van der Waals surface area contributed by atoms with Gasteiger partial charge in [0, 0.05) is 19.5 Å². The monoisotopic (exact) mass is 514 g/mol. The van der Waals surface area contributed by atoms with Crippen molar-refractivity contribution >= 4 is 45.8 Å². The Hall–Kier alpha value is -3.46. The summed E-state index contributed by atoms with van der Waals surface area (Å²) in [6.07, 6.45) is -5.00. The number of Topliss-reactive ketones (excluding diaryl/α,β-unsaturated/α-hetero) is 1. The van der Waals surface area contributed by atoms with E-state index in [9.17, 15) is 27.6 Å². The predicted molar refractivity (Wildman–Crippen MR) is 118 cm³/mol. The second kappa shape index (κ2) is 10.9. The second-order valence-corrected chi connectivity index (χ2v) is 8.49. The van der Waals surface area contributed by atoms with Gasteiger partial charge in [-0.2, -0.15) is 0 Å². The van der Waals surface area contributed by atoms with E-state index in [1.54, 1.807) is 4.90 Å². The van der Waals surface area contributed by atoms with Gasteiger partial charge in [-0.3, -0.25) is 19.8 Å². The summed E-state index contributed by atoms with van der Waals surface area (Å²) in [5.41, 5.74) is 1.97. The van der Waals surface area contributed by atoms with E-state index < -0.39 is 42.7 Å². The molecule has 11 nitrogen and oxygen atoms in total. The third-order valence-corrected chi connectivity index (χ3v) is 6.00. The first-order chi connectivity index (χ1) is 16.8. The number of amides is 3. The highest BCUT2D eigenvalue weighted by Crippen LogP contribution is 2.29. The fraction of sp³-hybridized carbons (Fsp3) is 0.450. The Bertz CT molecular complexity index is 1080. The number of cyclic esters (lactones) is 1. The van der Waals surface area contributed by atoms with Gasteiger partial charge in [0.2, 0.25) is 5.13 Å². The van der Waals surface area contributed by atoms with Crippen molar-refractivity contribution in [1.82, 2.24) is 15.3 Å². The number of ketones is 1. The minimum Gasteiger partial charge on any atom is -0.444 e. The molecule has 1 atom stereocenters. The van der Waals surface area contributed by atoms with E-state index in [1.165, 1.54) is 28.6 Å². The minimum atomic E-state index is -3.06. The van der Waals surface area contributed by atoms with Gasteiger partial charge < -0.3 is 9.64 Å². The van der Waals surface area contributed by atoms with Crippen LogP contribution in [-0.4, -0.2) is 78.5 Å². The van der Waals surface area contributed by atoms with E-state index in [4.69, 9.17) is 9.57 Å². The van der Waals surface area contributed by atoms with Crippen molar-refractivity contribution in [2.24, 2.45) is 0 Å². The van der Waals surface area contributed by atoms with Crippen molar-refractivity contribution in [2.45, 2.75) is 25.4 Å². The van der Waals surface area contributed by atoms with Crippen LogP contribution in [0.3, 0.4) is 0 Å². The van der Waals surface area contributed by atoms with Crippen molar-refractivity contribution in [3.8, 4) is 0 Å². The fourth-order valence-corrected chi connectivity index (χ4v) is 4.08. The molecule has 1 aromatic heterocycles. The van der Waals surface area contributed by atoms with Gasteiger partial charge in [-0.25, -0.2) is 27.8 Å². The van der Waals surface area contributed by atoms with Gasteiger partial charge >= 0.3 is 12.1 Å². The molecule has 1 aromatic carbocycles. The van der Waals surface area contributed by atoms with E-state index >= 15 is 0 Å². The van der Waals surface area contributed by atoms with E-state index in [1.807, 2.05) is 0 Å². The number of aromatic nitrogens is 2. The number of ether oxygens (including phenoxy) is 1. The Labute approximate surface area is 201 Å². The first-order valence-electron chi connectivity index (χ1n) is 10.6. The highest BCUT2D eigenvalue weighted by molar-refractivity contribution is 7.13. The number of hydrogen-bond donors (Lipinski definition) is 1. The molecule has 1 N–H and O–H groups in total. The SMILES string of the molecule is O=C(CC[C@H]1CN(c2ccc(N3CCON(C(=O)Nc4nncs4)CC3)c(F)c2)C(=O)O1)C(F)F. The number of nitrogens with one attached hydrogen (secondary N) is 1. The highest BCUT2D eigenvalue weighted by atomic mass is 32.1. The molecule has 0 unspecified atom stereocenters. The highest BCUT2D eigenvalue weighted by Gasteiger charge is 2.34. The third-order valence-electron chi connectivity index (χ3n) is 5.40. The van der Waals surface area contributed by atoms with Crippen LogP contribution < -0.4 is 15.1 Å². The van der Waals surface area contributed by atoms with E-state index in [2.05, 4.69) is 15.5 Å². The zero-order valence-electron chi connectivity index (χ0n) is 18.2. The molecule has 0 saturated carbocycles. The average Bonchev–Trinajstić information content (AvgIpc) is 3.39. The van der Waals surface area contributed by atoms with Crippen LogP contribution in [0, 0.1) is 5.82 Å². The van der Waals surface area contributed by atoms with Gasteiger partial charge in [0.25, 0.3) is 6.43 Å². The molecule has 2 aromatic rings. The number of anilines is 3. The van der Waals surface area contributed by atoms with Crippen molar-refractivity contribution < 1.29 is 37.1 Å². The number of urea groups is 1. The maximum atomic E-state index is 15.0. The van der Waals surface area contributed by atoms with Gasteiger partial charge in [0.1, 0.15) is 17.4 Å². The molecule has 35 heavy (non-hydrogen) atoms. The molecular formula is C20H21F3N6O5S. The number of halogens is 3. The number of carbonyl (C=O) groups is 3. The van der Waals surface area contributed by atoms with Gasteiger partial charge in [-0.1, -0.05) is 11.3 Å². The van der Waals surface area contributed by atoms with Crippen LogP contribution in [0.15, 0.2) is 23.7 Å². The molecule has 2 aliphatic rings. The number of benzene rings is 1. The second-order valence-electron chi connectivity index (χ2n) is 7.65. The normalized spacial score (nSPS) is 18.6. The molecule has 2 fully saturated rings. The molecule has 3 heterocycles. The fourth-order valence-electron chi connectivity index (χ4n) is 3.65. The van der Waals surface area contributed by atoms with Crippen molar-refractivity contribution in [1.29, 1.82) is 0 Å². The average molecular weight is 514 g/mol. The van der Waals surface area contributed by atoms with E-state index in [-0.39, 0.29) is 44.0 Å². The summed E-state index contributed by atoms with van der Waals surface area (Å²) in [5, 5.41) is 11.4. The Balaban J connectivity index is 1.35. The van der Waals surface area contributed by atoms with E-state index in [0.29, 0.717) is 11.7 Å². The minimum absolute atomic E-state index is 0.0182. The number of hydroxylamine groups is 2. The molecule has 15 heteroatoms. The molecule has 0 aliphatic carbocycles. The summed E-state index contributed by atoms with van der Waals surface area (Å²) in [7, 11) is 0.